The largest absolute Gasteiger partial charge is 0.312 e. The number of aryl methyl sites for hydroxylation is 2. The lowest BCUT2D eigenvalue weighted by atomic mass is 9.89. The van der Waals surface area contributed by atoms with E-state index in [9.17, 15) is 0 Å². The number of rotatable bonds is 6. The summed E-state index contributed by atoms with van der Waals surface area (Å²) in [5.41, 5.74) is 2.53. The van der Waals surface area contributed by atoms with Crippen molar-refractivity contribution in [3.63, 3.8) is 0 Å². The van der Waals surface area contributed by atoms with Gasteiger partial charge in [-0.3, -0.25) is 9.36 Å². The summed E-state index contributed by atoms with van der Waals surface area (Å²) in [4.78, 5) is 0. The van der Waals surface area contributed by atoms with Gasteiger partial charge in [0.1, 0.15) is 0 Å². The van der Waals surface area contributed by atoms with Crippen molar-refractivity contribution in [2.45, 2.75) is 45.7 Å². The zero-order chi connectivity index (χ0) is 14.6. The van der Waals surface area contributed by atoms with Crippen molar-refractivity contribution >= 4 is 0 Å². The van der Waals surface area contributed by atoms with Crippen molar-refractivity contribution in [3.8, 4) is 0 Å². The van der Waals surface area contributed by atoms with Crippen LogP contribution in [-0.2, 0) is 25.6 Å². The summed E-state index contributed by atoms with van der Waals surface area (Å²) in [6, 6.07) is 0. The van der Waals surface area contributed by atoms with E-state index in [0.29, 0.717) is 0 Å². The van der Waals surface area contributed by atoms with Crippen LogP contribution in [0.1, 0.15) is 38.4 Å². The van der Waals surface area contributed by atoms with Crippen LogP contribution in [-0.4, -0.2) is 31.3 Å². The summed E-state index contributed by atoms with van der Waals surface area (Å²) < 4.78 is 3.75. The summed E-state index contributed by atoms with van der Waals surface area (Å²) in [6.07, 6.45) is 6.73. The molecule has 0 radical (unpaired) electrons. The van der Waals surface area contributed by atoms with E-state index in [1.165, 1.54) is 11.3 Å². The quantitative estimate of drug-likeness (QED) is 0.812. The first kappa shape index (κ1) is 14.7. The molecule has 0 aliphatic heterocycles. The zero-order valence-electron chi connectivity index (χ0n) is 12.8. The molecule has 2 aromatic rings. The van der Waals surface area contributed by atoms with Crippen molar-refractivity contribution in [2.24, 2.45) is 7.05 Å². The molecule has 0 fully saturated rings. The second kappa shape index (κ2) is 6.17. The Balaban J connectivity index is 1.79. The highest BCUT2D eigenvalue weighted by Gasteiger charge is 2.21. The minimum Gasteiger partial charge on any atom is -0.312 e. The molecule has 0 unspecified atom stereocenters. The molecular weight excluding hydrogens is 252 g/mol. The lowest BCUT2D eigenvalue weighted by Crippen LogP contribution is -2.20. The molecule has 20 heavy (non-hydrogen) atoms. The highest BCUT2D eigenvalue weighted by atomic mass is 15.4. The van der Waals surface area contributed by atoms with E-state index in [0.717, 1.165) is 26.1 Å². The molecule has 0 spiro atoms. The number of nitrogens with one attached hydrogen (secondary N) is 1. The third-order valence-corrected chi connectivity index (χ3v) is 3.14. The highest BCUT2D eigenvalue weighted by molar-refractivity contribution is 5.23. The monoisotopic (exact) mass is 276 g/mol. The normalized spacial score (nSPS) is 12.0. The molecule has 2 rings (SSSR count). The van der Waals surface area contributed by atoms with E-state index in [1.54, 1.807) is 6.20 Å². The van der Waals surface area contributed by atoms with Gasteiger partial charge in [-0.1, -0.05) is 26.0 Å². The van der Waals surface area contributed by atoms with E-state index in [1.807, 2.05) is 22.6 Å². The van der Waals surface area contributed by atoms with Crippen LogP contribution in [0, 0.1) is 0 Å². The number of aromatic nitrogens is 5. The topological polar surface area (TPSA) is 60.6 Å². The molecule has 1 N–H and O–H groups in total. The average Bonchev–Trinajstić information content (AvgIpc) is 2.97. The molecule has 2 aromatic heterocycles. The minimum absolute atomic E-state index is 0.0823. The maximum atomic E-state index is 4.58. The second-order valence-corrected chi connectivity index (χ2v) is 6.12. The Bertz CT molecular complexity index is 520. The van der Waals surface area contributed by atoms with Crippen LogP contribution in [0.25, 0.3) is 0 Å². The fourth-order valence-electron chi connectivity index (χ4n) is 2.24. The van der Waals surface area contributed by atoms with E-state index in [4.69, 9.17) is 0 Å². The van der Waals surface area contributed by atoms with Crippen LogP contribution in [0.3, 0.4) is 0 Å². The molecule has 0 atom stereocenters. The first-order valence-electron chi connectivity index (χ1n) is 7.04. The number of hydrogen-bond donors (Lipinski definition) is 1. The van der Waals surface area contributed by atoms with Gasteiger partial charge in [0.05, 0.1) is 11.9 Å². The summed E-state index contributed by atoms with van der Waals surface area (Å²) >= 11 is 0. The Hall–Kier alpha value is -1.69. The Morgan fingerprint density at radius 1 is 1.30 bits per heavy atom. The van der Waals surface area contributed by atoms with E-state index in [2.05, 4.69) is 47.7 Å². The first-order valence-corrected chi connectivity index (χ1v) is 7.04. The molecule has 0 amide bonds. The van der Waals surface area contributed by atoms with Crippen LogP contribution in [0.5, 0.6) is 0 Å². The van der Waals surface area contributed by atoms with Gasteiger partial charge in [0.25, 0.3) is 0 Å². The fraction of sp³-hybridized carbons (Fsp3) is 0.643. The second-order valence-electron chi connectivity index (χ2n) is 6.12. The molecule has 0 aromatic carbocycles. The van der Waals surface area contributed by atoms with Gasteiger partial charge < -0.3 is 5.32 Å². The van der Waals surface area contributed by atoms with Gasteiger partial charge in [-0.05, 0) is 13.0 Å². The van der Waals surface area contributed by atoms with Crippen molar-refractivity contribution in [1.29, 1.82) is 0 Å². The van der Waals surface area contributed by atoms with Gasteiger partial charge in [0, 0.05) is 43.5 Å². The standard InChI is InChI=1S/C14H24N6/c1-14(2,3)13-12(11-19(4)17-13)10-15-6-5-8-20-9-7-16-18-20/h7,9,11,15H,5-6,8,10H2,1-4H3. The lowest BCUT2D eigenvalue weighted by Gasteiger charge is -2.17. The average molecular weight is 276 g/mol. The van der Waals surface area contributed by atoms with Gasteiger partial charge in [0.15, 0.2) is 0 Å². The molecule has 110 valence electrons. The third-order valence-electron chi connectivity index (χ3n) is 3.14. The predicted octanol–water partition coefficient (Wildman–Crippen LogP) is 1.49. The Morgan fingerprint density at radius 3 is 2.75 bits per heavy atom. The summed E-state index contributed by atoms with van der Waals surface area (Å²) in [5, 5.41) is 15.8. The molecule has 0 aliphatic carbocycles. The Labute approximate surface area is 120 Å². The van der Waals surface area contributed by atoms with E-state index in [-0.39, 0.29) is 5.41 Å². The number of nitrogens with zero attached hydrogens (tertiary/aromatic N) is 5. The van der Waals surface area contributed by atoms with Gasteiger partial charge in [-0.25, -0.2) is 0 Å². The summed E-state index contributed by atoms with van der Waals surface area (Å²) in [6.45, 7) is 9.30. The summed E-state index contributed by atoms with van der Waals surface area (Å²) in [7, 11) is 1.98. The van der Waals surface area contributed by atoms with E-state index < -0.39 is 0 Å². The smallest absolute Gasteiger partial charge is 0.0722 e. The molecule has 0 saturated heterocycles. The van der Waals surface area contributed by atoms with Crippen molar-refractivity contribution in [1.82, 2.24) is 30.1 Å². The molecule has 0 aliphatic rings. The van der Waals surface area contributed by atoms with E-state index >= 15 is 0 Å². The van der Waals surface area contributed by atoms with Crippen molar-refractivity contribution in [3.05, 3.63) is 29.8 Å². The number of hydrogen-bond acceptors (Lipinski definition) is 4. The van der Waals surface area contributed by atoms with Crippen LogP contribution in [0.15, 0.2) is 18.6 Å². The lowest BCUT2D eigenvalue weighted by molar-refractivity contribution is 0.521. The predicted molar refractivity (Wildman–Crippen MR) is 78.3 cm³/mol. The van der Waals surface area contributed by atoms with Crippen LogP contribution in [0.2, 0.25) is 0 Å². The van der Waals surface area contributed by atoms with Crippen molar-refractivity contribution in [2.75, 3.05) is 6.54 Å². The molecule has 6 heteroatoms. The minimum atomic E-state index is 0.0823. The van der Waals surface area contributed by atoms with Crippen LogP contribution < -0.4 is 5.32 Å². The molecular formula is C14H24N6. The van der Waals surface area contributed by atoms with Gasteiger partial charge in [-0.15, -0.1) is 5.10 Å². The van der Waals surface area contributed by atoms with Crippen molar-refractivity contribution < 1.29 is 0 Å². The Kier molecular flexibility index (Phi) is 4.54. The molecule has 2 heterocycles. The summed E-state index contributed by atoms with van der Waals surface area (Å²) in [5.74, 6) is 0. The maximum absolute atomic E-state index is 4.58. The molecule has 6 nitrogen and oxygen atoms in total. The van der Waals surface area contributed by atoms with Crippen LogP contribution in [0.4, 0.5) is 0 Å². The van der Waals surface area contributed by atoms with Gasteiger partial charge in [0.2, 0.25) is 0 Å². The zero-order valence-corrected chi connectivity index (χ0v) is 12.8. The fourth-order valence-corrected chi connectivity index (χ4v) is 2.24. The highest BCUT2D eigenvalue weighted by Crippen LogP contribution is 2.23. The molecule has 0 saturated carbocycles. The van der Waals surface area contributed by atoms with Gasteiger partial charge >= 0.3 is 0 Å². The maximum Gasteiger partial charge on any atom is 0.0722 e. The first-order chi connectivity index (χ1) is 9.47. The molecule has 0 bridgehead atoms. The van der Waals surface area contributed by atoms with Crippen LogP contribution >= 0.6 is 0 Å². The SMILES string of the molecule is Cn1cc(CNCCCn2ccnn2)c(C(C)(C)C)n1. The third kappa shape index (κ3) is 3.90. The Morgan fingerprint density at radius 2 is 2.10 bits per heavy atom. The van der Waals surface area contributed by atoms with Gasteiger partial charge in [-0.2, -0.15) is 5.10 Å².